The second-order valence-corrected chi connectivity index (χ2v) is 4.13. The molecule has 0 aromatic carbocycles. The largest absolute Gasteiger partial charge is 0.360 e. The fraction of sp³-hybridized carbons (Fsp3) is 0.556. The summed E-state index contributed by atoms with van der Waals surface area (Å²) >= 11 is 1.41. The van der Waals surface area contributed by atoms with E-state index >= 15 is 0 Å². The summed E-state index contributed by atoms with van der Waals surface area (Å²) in [7, 11) is 0. The van der Waals surface area contributed by atoms with Crippen LogP contribution in [0.1, 0.15) is 25.0 Å². The van der Waals surface area contributed by atoms with Gasteiger partial charge in [-0.25, -0.2) is 9.97 Å². The number of hydrogen-bond donors (Lipinski definition) is 2. The monoisotopic (exact) mass is 238 g/mol. The number of nitrogens with zero attached hydrogens (tertiary/aromatic N) is 4. The fourth-order valence-electron chi connectivity index (χ4n) is 1.29. The van der Waals surface area contributed by atoms with Crippen molar-refractivity contribution >= 4 is 16.7 Å². The number of H-pyrrole nitrogens is 1. The highest BCUT2D eigenvalue weighted by Gasteiger charge is 2.02. The van der Waals surface area contributed by atoms with Gasteiger partial charge in [-0.2, -0.15) is 9.47 Å². The van der Waals surface area contributed by atoms with Crippen LogP contribution in [-0.4, -0.2) is 31.1 Å². The van der Waals surface area contributed by atoms with Crippen LogP contribution < -0.4 is 5.32 Å². The Bertz CT molecular complexity index is 409. The molecule has 16 heavy (non-hydrogen) atoms. The van der Waals surface area contributed by atoms with Crippen LogP contribution in [0.25, 0.3) is 0 Å². The lowest BCUT2D eigenvalue weighted by atomic mass is 10.3. The van der Waals surface area contributed by atoms with Gasteiger partial charge in [0, 0.05) is 30.9 Å². The van der Waals surface area contributed by atoms with E-state index < -0.39 is 0 Å². The number of hydrogen-bond acceptors (Lipinski definition) is 6. The van der Waals surface area contributed by atoms with E-state index in [-0.39, 0.29) is 0 Å². The summed E-state index contributed by atoms with van der Waals surface area (Å²) in [5, 5.41) is 10.7. The van der Waals surface area contributed by atoms with Crippen molar-refractivity contribution in [2.24, 2.45) is 0 Å². The van der Waals surface area contributed by atoms with E-state index in [0.717, 1.165) is 42.6 Å². The molecule has 0 aliphatic carbocycles. The zero-order valence-corrected chi connectivity index (χ0v) is 9.92. The van der Waals surface area contributed by atoms with Crippen LogP contribution in [0.5, 0.6) is 0 Å². The minimum Gasteiger partial charge on any atom is -0.360 e. The first-order valence-electron chi connectivity index (χ1n) is 5.29. The third-order valence-corrected chi connectivity index (χ3v) is 2.76. The lowest BCUT2D eigenvalue weighted by Crippen LogP contribution is -2.05. The van der Waals surface area contributed by atoms with Crippen molar-refractivity contribution in [3.8, 4) is 0 Å². The number of aromatic nitrogens is 5. The molecule has 0 unspecified atom stereocenters. The van der Waals surface area contributed by atoms with Gasteiger partial charge < -0.3 is 5.32 Å². The van der Waals surface area contributed by atoms with E-state index in [1.807, 2.05) is 0 Å². The smallest absolute Gasteiger partial charge is 0.202 e. The SMILES string of the molecule is CCCc1nsc(NCCc2ncn[nH]2)n1. The highest BCUT2D eigenvalue weighted by atomic mass is 32.1. The zero-order chi connectivity index (χ0) is 11.2. The van der Waals surface area contributed by atoms with Crippen LogP contribution in [0.15, 0.2) is 6.33 Å². The summed E-state index contributed by atoms with van der Waals surface area (Å²) in [4.78, 5) is 8.41. The van der Waals surface area contributed by atoms with Crippen molar-refractivity contribution in [2.45, 2.75) is 26.2 Å². The number of aryl methyl sites for hydroxylation is 1. The van der Waals surface area contributed by atoms with Gasteiger partial charge >= 0.3 is 0 Å². The Hall–Kier alpha value is -1.50. The number of anilines is 1. The summed E-state index contributed by atoms with van der Waals surface area (Å²) < 4.78 is 4.25. The molecule has 0 radical (unpaired) electrons. The van der Waals surface area contributed by atoms with E-state index in [1.165, 1.54) is 17.9 Å². The predicted molar refractivity (Wildman–Crippen MR) is 62.5 cm³/mol. The first-order chi connectivity index (χ1) is 7.88. The Morgan fingerprint density at radius 2 is 2.38 bits per heavy atom. The maximum Gasteiger partial charge on any atom is 0.202 e. The molecule has 2 heterocycles. The van der Waals surface area contributed by atoms with Crippen molar-refractivity contribution in [3.05, 3.63) is 18.0 Å². The summed E-state index contributed by atoms with van der Waals surface area (Å²) in [6.07, 6.45) is 4.34. The summed E-state index contributed by atoms with van der Waals surface area (Å²) in [6.45, 7) is 2.91. The van der Waals surface area contributed by atoms with Crippen molar-refractivity contribution in [1.82, 2.24) is 24.5 Å². The molecule has 0 atom stereocenters. The first-order valence-corrected chi connectivity index (χ1v) is 6.06. The normalized spacial score (nSPS) is 10.6. The van der Waals surface area contributed by atoms with E-state index in [0.29, 0.717) is 0 Å². The van der Waals surface area contributed by atoms with Crippen LogP contribution in [-0.2, 0) is 12.8 Å². The highest BCUT2D eigenvalue weighted by Crippen LogP contribution is 2.11. The highest BCUT2D eigenvalue weighted by molar-refractivity contribution is 7.09. The van der Waals surface area contributed by atoms with E-state index in [1.54, 1.807) is 0 Å². The lowest BCUT2D eigenvalue weighted by molar-refractivity contribution is 0.858. The Morgan fingerprint density at radius 3 is 3.12 bits per heavy atom. The molecule has 2 aromatic heterocycles. The van der Waals surface area contributed by atoms with Gasteiger partial charge in [0.1, 0.15) is 18.0 Å². The number of nitrogens with one attached hydrogen (secondary N) is 2. The summed E-state index contributed by atoms with van der Waals surface area (Å²) in [6, 6.07) is 0. The minimum atomic E-state index is 0.788. The maximum atomic E-state index is 4.37. The molecule has 7 heteroatoms. The second kappa shape index (κ2) is 5.55. The minimum absolute atomic E-state index is 0.788. The number of rotatable bonds is 6. The fourth-order valence-corrected chi connectivity index (χ4v) is 1.93. The quantitative estimate of drug-likeness (QED) is 0.792. The van der Waals surface area contributed by atoms with Gasteiger partial charge in [-0.3, -0.25) is 5.10 Å². The topological polar surface area (TPSA) is 79.4 Å². The van der Waals surface area contributed by atoms with Gasteiger partial charge in [0.15, 0.2) is 0 Å². The van der Waals surface area contributed by atoms with Gasteiger partial charge in [-0.1, -0.05) is 6.92 Å². The molecule has 2 rings (SSSR count). The first kappa shape index (κ1) is 11.0. The molecule has 0 saturated heterocycles. The molecule has 6 nitrogen and oxygen atoms in total. The van der Waals surface area contributed by atoms with Crippen LogP contribution in [0.4, 0.5) is 5.13 Å². The Labute approximate surface area is 97.7 Å². The van der Waals surface area contributed by atoms with Gasteiger partial charge in [-0.15, -0.1) is 0 Å². The average molecular weight is 238 g/mol. The molecule has 2 aromatic rings. The zero-order valence-electron chi connectivity index (χ0n) is 9.10. The third kappa shape index (κ3) is 2.99. The Balaban J connectivity index is 1.76. The van der Waals surface area contributed by atoms with Crippen molar-refractivity contribution in [1.29, 1.82) is 0 Å². The molecule has 0 bridgehead atoms. The summed E-state index contributed by atoms with van der Waals surface area (Å²) in [5.74, 6) is 1.81. The molecule has 2 N–H and O–H groups in total. The molecule has 86 valence electrons. The Morgan fingerprint density at radius 1 is 1.44 bits per heavy atom. The molecule has 0 amide bonds. The van der Waals surface area contributed by atoms with E-state index in [9.17, 15) is 0 Å². The lowest BCUT2D eigenvalue weighted by Gasteiger charge is -1.98. The average Bonchev–Trinajstić information content (AvgIpc) is 2.90. The van der Waals surface area contributed by atoms with Crippen LogP contribution in [0.2, 0.25) is 0 Å². The van der Waals surface area contributed by atoms with Crippen LogP contribution >= 0.6 is 11.5 Å². The van der Waals surface area contributed by atoms with E-state index in [4.69, 9.17) is 0 Å². The van der Waals surface area contributed by atoms with Crippen LogP contribution in [0, 0.1) is 0 Å². The van der Waals surface area contributed by atoms with Crippen LogP contribution in [0.3, 0.4) is 0 Å². The molecule has 0 fully saturated rings. The molecular formula is C9H14N6S. The van der Waals surface area contributed by atoms with E-state index in [2.05, 4.69) is 36.8 Å². The van der Waals surface area contributed by atoms with Crippen molar-refractivity contribution in [3.63, 3.8) is 0 Å². The van der Waals surface area contributed by atoms with Crippen molar-refractivity contribution in [2.75, 3.05) is 11.9 Å². The molecule has 0 spiro atoms. The standard InChI is InChI=1S/C9H14N6S/c1-2-3-8-13-9(16-15-8)10-5-4-7-11-6-12-14-7/h6H,2-5H2,1H3,(H,10,13,15)(H,11,12,14). The predicted octanol–water partition coefficient (Wildman–Crippen LogP) is 1.26. The third-order valence-electron chi connectivity index (χ3n) is 2.04. The molecular weight excluding hydrogens is 224 g/mol. The molecule has 0 saturated carbocycles. The van der Waals surface area contributed by atoms with Gasteiger partial charge in [-0.05, 0) is 6.42 Å². The molecule has 0 aliphatic heterocycles. The Kier molecular flexibility index (Phi) is 3.81. The van der Waals surface area contributed by atoms with Crippen molar-refractivity contribution < 1.29 is 0 Å². The second-order valence-electron chi connectivity index (χ2n) is 3.37. The van der Waals surface area contributed by atoms with Gasteiger partial charge in [0.05, 0.1) is 0 Å². The summed E-state index contributed by atoms with van der Waals surface area (Å²) in [5.41, 5.74) is 0. The number of aromatic amines is 1. The van der Waals surface area contributed by atoms with Gasteiger partial charge in [0.25, 0.3) is 0 Å². The molecule has 0 aliphatic rings. The van der Waals surface area contributed by atoms with Gasteiger partial charge in [0.2, 0.25) is 5.13 Å². The maximum absolute atomic E-state index is 4.37.